The Morgan fingerprint density at radius 2 is 1.78 bits per heavy atom. The summed E-state index contributed by atoms with van der Waals surface area (Å²) >= 11 is 0. The van der Waals surface area contributed by atoms with E-state index in [0.717, 1.165) is 22.2 Å². The maximum absolute atomic E-state index is 13.1. The number of carbonyl (C=O) groups is 2. The van der Waals surface area contributed by atoms with Crippen LogP contribution in [0.5, 0.6) is 0 Å². The van der Waals surface area contributed by atoms with E-state index in [1.54, 1.807) is 23.1 Å². The molecule has 2 aromatic rings. The fraction of sp³-hybridized carbons (Fsp3) is 0.300. The lowest BCUT2D eigenvalue weighted by Crippen LogP contribution is -2.40. The SMILES string of the molecule is O=C(Nc1ccc2c(c1)COB2O)C1(C(=O)N2Cc3ccccc3C2)CC1. The number of hydrogen-bond donors (Lipinski definition) is 2. The lowest BCUT2D eigenvalue weighted by molar-refractivity contribution is -0.142. The van der Waals surface area contributed by atoms with E-state index in [9.17, 15) is 14.6 Å². The maximum atomic E-state index is 13.1. The summed E-state index contributed by atoms with van der Waals surface area (Å²) < 4.78 is 5.18. The number of nitrogens with one attached hydrogen (secondary N) is 1. The minimum absolute atomic E-state index is 0.0869. The van der Waals surface area contributed by atoms with Crippen molar-refractivity contribution in [3.8, 4) is 0 Å². The summed E-state index contributed by atoms with van der Waals surface area (Å²) in [6.45, 7) is 1.45. The van der Waals surface area contributed by atoms with Gasteiger partial charge in [-0.2, -0.15) is 0 Å². The molecule has 0 aromatic heterocycles. The first kappa shape index (κ1) is 16.5. The van der Waals surface area contributed by atoms with E-state index in [0.29, 0.717) is 38.2 Å². The third kappa shape index (κ3) is 2.66. The molecule has 2 amide bonds. The van der Waals surface area contributed by atoms with Gasteiger partial charge in [0, 0.05) is 18.8 Å². The molecule has 5 rings (SSSR count). The lowest BCUT2D eigenvalue weighted by atomic mass is 9.79. The van der Waals surface area contributed by atoms with Gasteiger partial charge in [0.15, 0.2) is 0 Å². The molecule has 3 aliphatic rings. The average Bonchev–Trinajstić information content (AvgIpc) is 3.25. The minimum atomic E-state index is -0.947. The zero-order chi connectivity index (χ0) is 18.6. The number of anilines is 1. The first-order chi connectivity index (χ1) is 13.1. The van der Waals surface area contributed by atoms with Gasteiger partial charge in [-0.15, -0.1) is 0 Å². The van der Waals surface area contributed by atoms with Gasteiger partial charge in [-0.1, -0.05) is 30.3 Å². The van der Waals surface area contributed by atoms with E-state index in [1.807, 2.05) is 24.3 Å². The molecule has 2 aliphatic heterocycles. The molecule has 0 radical (unpaired) electrons. The molecule has 2 aromatic carbocycles. The largest absolute Gasteiger partial charge is 0.491 e. The van der Waals surface area contributed by atoms with Crippen LogP contribution in [0.15, 0.2) is 42.5 Å². The Labute approximate surface area is 157 Å². The normalized spacial score (nSPS) is 18.9. The van der Waals surface area contributed by atoms with Crippen LogP contribution < -0.4 is 10.8 Å². The van der Waals surface area contributed by atoms with Crippen LogP contribution in [0.1, 0.15) is 29.5 Å². The van der Waals surface area contributed by atoms with Crippen LogP contribution in [0.25, 0.3) is 0 Å². The van der Waals surface area contributed by atoms with Gasteiger partial charge in [0.05, 0.1) is 6.61 Å². The molecule has 2 N–H and O–H groups in total. The Morgan fingerprint density at radius 3 is 2.44 bits per heavy atom. The summed E-state index contributed by atoms with van der Waals surface area (Å²) in [4.78, 5) is 27.7. The zero-order valence-corrected chi connectivity index (χ0v) is 14.8. The van der Waals surface area contributed by atoms with Gasteiger partial charge >= 0.3 is 7.12 Å². The highest BCUT2D eigenvalue weighted by Crippen LogP contribution is 2.49. The maximum Gasteiger partial charge on any atom is 0.491 e. The van der Waals surface area contributed by atoms with Gasteiger partial charge in [0.1, 0.15) is 5.41 Å². The average molecular weight is 362 g/mol. The fourth-order valence-corrected chi connectivity index (χ4v) is 4.00. The number of carbonyl (C=O) groups excluding carboxylic acids is 2. The van der Waals surface area contributed by atoms with Crippen molar-refractivity contribution in [2.75, 3.05) is 5.32 Å². The standard InChI is InChI=1S/C20H19BN2O4/c24-18(22-16-5-6-17-15(9-16)12-27-21(17)26)20(7-8-20)19(25)23-10-13-3-1-2-4-14(13)11-23/h1-6,9,26H,7-8,10-12H2,(H,22,24). The quantitative estimate of drug-likeness (QED) is 0.635. The van der Waals surface area contributed by atoms with Crippen molar-refractivity contribution in [2.45, 2.75) is 32.5 Å². The molecule has 0 spiro atoms. The van der Waals surface area contributed by atoms with Crippen molar-refractivity contribution in [1.82, 2.24) is 4.90 Å². The smallest absolute Gasteiger partial charge is 0.423 e. The number of amides is 2. The number of hydrogen-bond acceptors (Lipinski definition) is 4. The van der Waals surface area contributed by atoms with Gasteiger partial charge < -0.3 is 19.9 Å². The Kier molecular flexibility index (Phi) is 3.64. The Balaban J connectivity index is 1.31. The lowest BCUT2D eigenvalue weighted by Gasteiger charge is -2.22. The van der Waals surface area contributed by atoms with Crippen LogP contribution >= 0.6 is 0 Å². The summed E-state index contributed by atoms with van der Waals surface area (Å²) in [5.41, 5.74) is 3.56. The molecular weight excluding hydrogens is 343 g/mol. The van der Waals surface area contributed by atoms with E-state index >= 15 is 0 Å². The summed E-state index contributed by atoms with van der Waals surface area (Å²) in [5.74, 6) is -0.334. The summed E-state index contributed by atoms with van der Waals surface area (Å²) in [5, 5.41) is 12.6. The Bertz CT molecular complexity index is 932. The van der Waals surface area contributed by atoms with E-state index < -0.39 is 12.5 Å². The van der Waals surface area contributed by atoms with Crippen molar-refractivity contribution in [3.63, 3.8) is 0 Å². The number of benzene rings is 2. The van der Waals surface area contributed by atoms with Crippen LogP contribution in [-0.4, -0.2) is 28.9 Å². The molecule has 7 heteroatoms. The highest BCUT2D eigenvalue weighted by atomic mass is 16.5. The van der Waals surface area contributed by atoms with Gasteiger partial charge in [0.2, 0.25) is 11.8 Å². The molecule has 1 saturated carbocycles. The fourth-order valence-electron chi connectivity index (χ4n) is 4.00. The molecule has 136 valence electrons. The molecule has 1 fully saturated rings. The number of rotatable bonds is 3. The van der Waals surface area contributed by atoms with Crippen molar-refractivity contribution in [1.29, 1.82) is 0 Å². The van der Waals surface area contributed by atoms with Gasteiger partial charge in [-0.05, 0) is 47.1 Å². The monoisotopic (exact) mass is 362 g/mol. The van der Waals surface area contributed by atoms with Gasteiger partial charge in [0.25, 0.3) is 0 Å². The molecule has 0 unspecified atom stereocenters. The van der Waals surface area contributed by atoms with E-state index in [1.165, 1.54) is 0 Å². The summed E-state index contributed by atoms with van der Waals surface area (Å²) in [6, 6.07) is 13.3. The highest BCUT2D eigenvalue weighted by Gasteiger charge is 2.58. The molecule has 0 saturated heterocycles. The number of fused-ring (bicyclic) bond motifs is 2. The Hall–Kier alpha value is -2.64. The molecule has 6 nitrogen and oxygen atoms in total. The molecule has 27 heavy (non-hydrogen) atoms. The minimum Gasteiger partial charge on any atom is -0.423 e. The molecule has 0 bridgehead atoms. The molecule has 0 atom stereocenters. The first-order valence-electron chi connectivity index (χ1n) is 9.17. The van der Waals surface area contributed by atoms with Gasteiger partial charge in [-0.3, -0.25) is 9.59 Å². The predicted molar refractivity (Wildman–Crippen MR) is 99.8 cm³/mol. The van der Waals surface area contributed by atoms with Crippen molar-refractivity contribution >= 4 is 30.1 Å². The van der Waals surface area contributed by atoms with Crippen LogP contribution in [0, 0.1) is 5.41 Å². The first-order valence-corrected chi connectivity index (χ1v) is 9.17. The zero-order valence-electron chi connectivity index (χ0n) is 14.8. The number of nitrogens with zero attached hydrogens (tertiary/aromatic N) is 1. The van der Waals surface area contributed by atoms with Crippen molar-refractivity contribution in [3.05, 3.63) is 59.2 Å². The van der Waals surface area contributed by atoms with E-state index in [4.69, 9.17) is 4.65 Å². The third-order valence-corrected chi connectivity index (χ3v) is 5.79. The highest BCUT2D eigenvalue weighted by molar-refractivity contribution is 6.61. The van der Waals surface area contributed by atoms with Crippen LogP contribution in [0.4, 0.5) is 5.69 Å². The van der Waals surface area contributed by atoms with Crippen LogP contribution in [0.3, 0.4) is 0 Å². The molecule has 1 aliphatic carbocycles. The van der Waals surface area contributed by atoms with Gasteiger partial charge in [-0.25, -0.2) is 0 Å². The van der Waals surface area contributed by atoms with Crippen LogP contribution in [0.2, 0.25) is 0 Å². The second-order valence-electron chi connectivity index (χ2n) is 7.54. The van der Waals surface area contributed by atoms with Crippen molar-refractivity contribution in [2.24, 2.45) is 5.41 Å². The van der Waals surface area contributed by atoms with E-state index in [-0.39, 0.29) is 11.8 Å². The molecular formula is C20H19BN2O4. The molecule has 2 heterocycles. The summed E-state index contributed by atoms with van der Waals surface area (Å²) in [6.07, 6.45) is 1.16. The second-order valence-corrected chi connectivity index (χ2v) is 7.54. The van der Waals surface area contributed by atoms with Crippen LogP contribution in [-0.2, 0) is 33.9 Å². The third-order valence-electron chi connectivity index (χ3n) is 5.79. The predicted octanol–water partition coefficient (Wildman–Crippen LogP) is 1.17. The second kappa shape index (κ2) is 5.94. The van der Waals surface area contributed by atoms with Crippen molar-refractivity contribution < 1.29 is 19.3 Å². The summed E-state index contributed by atoms with van der Waals surface area (Å²) in [7, 11) is -0.905. The van der Waals surface area contributed by atoms with E-state index in [2.05, 4.69) is 5.32 Å². The Morgan fingerprint density at radius 1 is 1.07 bits per heavy atom. The topological polar surface area (TPSA) is 78.9 Å².